The Morgan fingerprint density at radius 2 is 1.92 bits per heavy atom. The van der Waals surface area contributed by atoms with Gasteiger partial charge < -0.3 is 10.2 Å². The maximum atomic E-state index is 10.7. The number of aromatic hydroxyl groups is 1. The standard InChI is InChI=1S/C9H9BrO3/c1-4-3-5(2)7(10)8(11)6(4)9(12)13/h3,11H,1-2H3,(H,12,13). The average molecular weight is 245 g/mol. The van der Waals surface area contributed by atoms with Crippen molar-refractivity contribution >= 4 is 21.9 Å². The molecule has 0 saturated heterocycles. The maximum absolute atomic E-state index is 10.7. The highest BCUT2D eigenvalue weighted by atomic mass is 79.9. The normalized spacial score (nSPS) is 10.1. The second-order valence-corrected chi connectivity index (χ2v) is 3.65. The zero-order valence-electron chi connectivity index (χ0n) is 7.26. The number of halogens is 1. The van der Waals surface area contributed by atoms with Crippen molar-refractivity contribution in [2.75, 3.05) is 0 Å². The van der Waals surface area contributed by atoms with Crippen molar-refractivity contribution in [3.8, 4) is 5.75 Å². The minimum Gasteiger partial charge on any atom is -0.506 e. The lowest BCUT2D eigenvalue weighted by atomic mass is 10.0. The van der Waals surface area contributed by atoms with Gasteiger partial charge in [0.15, 0.2) is 0 Å². The molecule has 3 nitrogen and oxygen atoms in total. The lowest BCUT2D eigenvalue weighted by molar-refractivity contribution is 0.0693. The van der Waals surface area contributed by atoms with Crippen LogP contribution in [0.2, 0.25) is 0 Å². The van der Waals surface area contributed by atoms with Crippen LogP contribution in [0.15, 0.2) is 10.5 Å². The number of phenols is 1. The SMILES string of the molecule is Cc1cc(C)c(C(=O)O)c(O)c1Br. The Balaban J connectivity index is 3.53. The number of rotatable bonds is 1. The lowest BCUT2D eigenvalue weighted by Crippen LogP contribution is -2.01. The van der Waals surface area contributed by atoms with Gasteiger partial charge in [-0.25, -0.2) is 4.79 Å². The van der Waals surface area contributed by atoms with Crippen molar-refractivity contribution < 1.29 is 15.0 Å². The van der Waals surface area contributed by atoms with Crippen LogP contribution in [-0.2, 0) is 0 Å². The number of benzene rings is 1. The van der Waals surface area contributed by atoms with Gasteiger partial charge in [-0.3, -0.25) is 0 Å². The third kappa shape index (κ3) is 1.67. The Labute approximate surface area is 84.1 Å². The quantitative estimate of drug-likeness (QED) is 0.798. The molecule has 13 heavy (non-hydrogen) atoms. The molecular formula is C9H9BrO3. The van der Waals surface area contributed by atoms with E-state index in [1.54, 1.807) is 19.9 Å². The van der Waals surface area contributed by atoms with E-state index in [9.17, 15) is 9.90 Å². The second-order valence-electron chi connectivity index (χ2n) is 2.85. The molecule has 0 heterocycles. The molecule has 1 aromatic rings. The zero-order valence-corrected chi connectivity index (χ0v) is 8.84. The summed E-state index contributed by atoms with van der Waals surface area (Å²) in [7, 11) is 0. The highest BCUT2D eigenvalue weighted by molar-refractivity contribution is 9.10. The monoisotopic (exact) mass is 244 g/mol. The third-order valence-electron chi connectivity index (χ3n) is 1.83. The molecule has 0 fully saturated rings. The van der Waals surface area contributed by atoms with Crippen LogP contribution in [0.5, 0.6) is 5.75 Å². The molecule has 0 spiro atoms. The summed E-state index contributed by atoms with van der Waals surface area (Å²) < 4.78 is 0.440. The Hall–Kier alpha value is -1.03. The Morgan fingerprint density at radius 3 is 2.38 bits per heavy atom. The molecule has 0 saturated carbocycles. The Kier molecular flexibility index (Phi) is 2.61. The smallest absolute Gasteiger partial charge is 0.339 e. The first kappa shape index (κ1) is 10.1. The molecule has 0 aliphatic carbocycles. The van der Waals surface area contributed by atoms with Crippen molar-refractivity contribution in [1.82, 2.24) is 0 Å². The van der Waals surface area contributed by atoms with E-state index in [1.165, 1.54) is 0 Å². The summed E-state index contributed by atoms with van der Waals surface area (Å²) in [5.74, 6) is -1.32. The van der Waals surface area contributed by atoms with Crippen molar-refractivity contribution in [2.45, 2.75) is 13.8 Å². The van der Waals surface area contributed by atoms with Crippen molar-refractivity contribution in [3.63, 3.8) is 0 Å². The van der Waals surface area contributed by atoms with Crippen LogP contribution < -0.4 is 0 Å². The summed E-state index contributed by atoms with van der Waals surface area (Å²) in [5.41, 5.74) is 1.34. The van der Waals surface area contributed by atoms with E-state index in [2.05, 4.69) is 15.9 Å². The minimum absolute atomic E-state index is 0.0440. The number of hydrogen-bond acceptors (Lipinski definition) is 2. The summed E-state index contributed by atoms with van der Waals surface area (Å²) in [6.07, 6.45) is 0. The van der Waals surface area contributed by atoms with E-state index in [-0.39, 0.29) is 11.3 Å². The number of aromatic carboxylic acids is 1. The molecule has 1 aromatic carbocycles. The van der Waals surface area contributed by atoms with Crippen molar-refractivity contribution in [2.24, 2.45) is 0 Å². The number of carbonyl (C=O) groups is 1. The Bertz CT molecular complexity index is 372. The summed E-state index contributed by atoms with van der Waals surface area (Å²) in [6, 6.07) is 1.72. The summed E-state index contributed by atoms with van der Waals surface area (Å²) in [5, 5.41) is 18.3. The zero-order chi connectivity index (χ0) is 10.2. The van der Waals surface area contributed by atoms with Gasteiger partial charge in [0.1, 0.15) is 11.3 Å². The van der Waals surface area contributed by atoms with Crippen LogP contribution in [0.25, 0.3) is 0 Å². The fourth-order valence-electron chi connectivity index (χ4n) is 1.21. The lowest BCUT2D eigenvalue weighted by Gasteiger charge is -2.08. The van der Waals surface area contributed by atoms with Crippen LogP contribution in [-0.4, -0.2) is 16.2 Å². The molecule has 0 bridgehead atoms. The fourth-order valence-corrected chi connectivity index (χ4v) is 1.53. The molecule has 1 rings (SSSR count). The first-order chi connectivity index (χ1) is 5.95. The molecule has 0 aliphatic rings. The summed E-state index contributed by atoms with van der Waals surface area (Å²) >= 11 is 3.12. The van der Waals surface area contributed by atoms with Crippen LogP contribution in [0, 0.1) is 13.8 Å². The highest BCUT2D eigenvalue weighted by Crippen LogP contribution is 2.33. The molecule has 0 radical (unpaired) electrons. The van der Waals surface area contributed by atoms with Gasteiger partial charge in [0.05, 0.1) is 4.47 Å². The van der Waals surface area contributed by atoms with Gasteiger partial charge in [-0.1, -0.05) is 6.07 Å². The van der Waals surface area contributed by atoms with Gasteiger partial charge in [-0.15, -0.1) is 0 Å². The van der Waals surface area contributed by atoms with Crippen molar-refractivity contribution in [3.05, 3.63) is 27.2 Å². The van der Waals surface area contributed by atoms with Crippen LogP contribution in [0.4, 0.5) is 0 Å². The molecule has 0 aromatic heterocycles. The number of hydrogen-bond donors (Lipinski definition) is 2. The molecule has 4 heteroatoms. The van der Waals surface area contributed by atoms with E-state index in [0.29, 0.717) is 10.0 Å². The predicted octanol–water partition coefficient (Wildman–Crippen LogP) is 2.47. The molecule has 70 valence electrons. The molecule has 2 N–H and O–H groups in total. The van der Waals surface area contributed by atoms with Gasteiger partial charge in [-0.05, 0) is 40.9 Å². The van der Waals surface area contributed by atoms with E-state index >= 15 is 0 Å². The first-order valence-corrected chi connectivity index (χ1v) is 4.46. The van der Waals surface area contributed by atoms with E-state index in [4.69, 9.17) is 5.11 Å². The Morgan fingerprint density at radius 1 is 1.38 bits per heavy atom. The number of carboxylic acid groups (broad SMARTS) is 1. The maximum Gasteiger partial charge on any atom is 0.339 e. The topological polar surface area (TPSA) is 57.5 Å². The van der Waals surface area contributed by atoms with Gasteiger partial charge in [0, 0.05) is 0 Å². The average Bonchev–Trinajstić information content (AvgIpc) is 1.99. The van der Waals surface area contributed by atoms with Crippen LogP contribution in [0.1, 0.15) is 21.5 Å². The molecular weight excluding hydrogens is 236 g/mol. The van der Waals surface area contributed by atoms with Gasteiger partial charge >= 0.3 is 5.97 Å². The molecule has 0 aliphatic heterocycles. The minimum atomic E-state index is -1.12. The first-order valence-electron chi connectivity index (χ1n) is 3.67. The molecule has 0 atom stereocenters. The molecule has 0 unspecified atom stereocenters. The largest absolute Gasteiger partial charge is 0.506 e. The summed E-state index contributed by atoms with van der Waals surface area (Å²) in [4.78, 5) is 10.7. The third-order valence-corrected chi connectivity index (χ3v) is 2.83. The number of aryl methyl sites for hydroxylation is 2. The van der Waals surface area contributed by atoms with Crippen LogP contribution >= 0.6 is 15.9 Å². The van der Waals surface area contributed by atoms with Crippen LogP contribution in [0.3, 0.4) is 0 Å². The number of carboxylic acids is 1. The van der Waals surface area contributed by atoms with E-state index < -0.39 is 5.97 Å². The van der Waals surface area contributed by atoms with E-state index in [0.717, 1.165) is 5.56 Å². The van der Waals surface area contributed by atoms with Gasteiger partial charge in [-0.2, -0.15) is 0 Å². The van der Waals surface area contributed by atoms with Gasteiger partial charge in [0.25, 0.3) is 0 Å². The summed E-state index contributed by atoms with van der Waals surface area (Å²) in [6.45, 7) is 3.45. The van der Waals surface area contributed by atoms with Gasteiger partial charge in [0.2, 0.25) is 0 Å². The molecule has 0 amide bonds. The second kappa shape index (κ2) is 3.38. The predicted molar refractivity (Wildman–Crippen MR) is 52.2 cm³/mol. The fraction of sp³-hybridized carbons (Fsp3) is 0.222. The highest BCUT2D eigenvalue weighted by Gasteiger charge is 2.17. The van der Waals surface area contributed by atoms with E-state index in [1.807, 2.05) is 0 Å². The van der Waals surface area contributed by atoms with Crippen molar-refractivity contribution in [1.29, 1.82) is 0 Å².